The Morgan fingerprint density at radius 1 is 1.42 bits per heavy atom. The van der Waals surface area contributed by atoms with E-state index in [0.717, 1.165) is 6.42 Å². The van der Waals surface area contributed by atoms with Gasteiger partial charge in [-0.15, -0.1) is 0 Å². The van der Waals surface area contributed by atoms with Crippen LogP contribution in [0.4, 0.5) is 5.69 Å². The van der Waals surface area contributed by atoms with E-state index in [0.29, 0.717) is 35.9 Å². The number of anilines is 1. The third-order valence-electron chi connectivity index (χ3n) is 3.06. The Morgan fingerprint density at radius 2 is 2.11 bits per heavy atom. The molecule has 1 unspecified atom stereocenters. The van der Waals surface area contributed by atoms with Crippen LogP contribution >= 0.6 is 0 Å². The van der Waals surface area contributed by atoms with Crippen LogP contribution in [0, 0.1) is 12.8 Å². The van der Waals surface area contributed by atoms with Crippen molar-refractivity contribution in [2.45, 2.75) is 40.5 Å². The number of aryl methyl sites for hydroxylation is 1. The summed E-state index contributed by atoms with van der Waals surface area (Å²) in [4.78, 5) is 26.6. The molecule has 106 valence electrons. The summed E-state index contributed by atoms with van der Waals surface area (Å²) in [5.74, 6) is -0.176. The van der Waals surface area contributed by atoms with Crippen molar-refractivity contribution < 1.29 is 14.3 Å². The zero-order valence-electron chi connectivity index (χ0n) is 12.0. The second kappa shape index (κ2) is 6.97. The summed E-state index contributed by atoms with van der Waals surface area (Å²) in [6, 6.07) is 0. The van der Waals surface area contributed by atoms with Gasteiger partial charge in [0, 0.05) is 18.3 Å². The summed E-state index contributed by atoms with van der Waals surface area (Å²) in [6.45, 7) is 7.90. The highest BCUT2D eigenvalue weighted by Gasteiger charge is 2.19. The first-order valence-electron chi connectivity index (χ1n) is 6.64. The van der Waals surface area contributed by atoms with Crippen LogP contribution in [0.5, 0.6) is 0 Å². The number of hydrogen-bond acceptors (Lipinski definition) is 3. The van der Waals surface area contributed by atoms with Crippen molar-refractivity contribution in [3.05, 3.63) is 17.5 Å². The number of ether oxygens (including phenoxy) is 1. The van der Waals surface area contributed by atoms with E-state index in [-0.39, 0.29) is 5.91 Å². The Hall–Kier alpha value is -1.78. The lowest BCUT2D eigenvalue weighted by Crippen LogP contribution is -2.17. The minimum absolute atomic E-state index is 0.0844. The minimum atomic E-state index is -0.417. The summed E-state index contributed by atoms with van der Waals surface area (Å²) < 4.78 is 4.98. The van der Waals surface area contributed by atoms with Gasteiger partial charge in [0.1, 0.15) is 5.56 Å². The van der Waals surface area contributed by atoms with Crippen molar-refractivity contribution in [1.29, 1.82) is 0 Å². The van der Waals surface area contributed by atoms with E-state index in [9.17, 15) is 9.59 Å². The molecule has 0 bridgehead atoms. The summed E-state index contributed by atoms with van der Waals surface area (Å²) in [6.07, 6.45) is 3.02. The first-order chi connectivity index (χ1) is 8.99. The van der Waals surface area contributed by atoms with Gasteiger partial charge >= 0.3 is 5.97 Å². The lowest BCUT2D eigenvalue weighted by atomic mass is 10.0. The molecular formula is C14H22N2O3. The van der Waals surface area contributed by atoms with Gasteiger partial charge in [0.05, 0.1) is 12.3 Å². The van der Waals surface area contributed by atoms with Crippen LogP contribution in [0.15, 0.2) is 6.20 Å². The number of carbonyl (C=O) groups is 2. The van der Waals surface area contributed by atoms with Gasteiger partial charge in [0.2, 0.25) is 5.91 Å². The van der Waals surface area contributed by atoms with Gasteiger partial charge in [0.15, 0.2) is 0 Å². The van der Waals surface area contributed by atoms with Crippen molar-refractivity contribution >= 4 is 17.6 Å². The van der Waals surface area contributed by atoms with Gasteiger partial charge in [-0.2, -0.15) is 0 Å². The zero-order chi connectivity index (χ0) is 14.4. The van der Waals surface area contributed by atoms with E-state index in [1.165, 1.54) is 0 Å². The molecule has 1 rings (SSSR count). The number of aromatic nitrogens is 1. The Kier molecular flexibility index (Phi) is 5.60. The van der Waals surface area contributed by atoms with Gasteiger partial charge in [-0.1, -0.05) is 20.3 Å². The summed E-state index contributed by atoms with van der Waals surface area (Å²) >= 11 is 0. The molecule has 5 nitrogen and oxygen atoms in total. The minimum Gasteiger partial charge on any atom is -0.462 e. The number of carbonyl (C=O) groups excluding carboxylic acids is 2. The molecule has 0 radical (unpaired) electrons. The fraction of sp³-hybridized carbons (Fsp3) is 0.571. The molecule has 0 saturated heterocycles. The number of rotatable bonds is 6. The molecule has 19 heavy (non-hydrogen) atoms. The van der Waals surface area contributed by atoms with Gasteiger partial charge in [-0.25, -0.2) is 4.79 Å². The highest BCUT2D eigenvalue weighted by molar-refractivity contribution is 6.02. The summed E-state index contributed by atoms with van der Waals surface area (Å²) in [5, 5.41) is 2.76. The molecule has 1 aromatic rings. The van der Waals surface area contributed by atoms with Gasteiger partial charge < -0.3 is 15.0 Å². The number of hydrogen-bond donors (Lipinski definition) is 2. The average molecular weight is 266 g/mol. The standard InChI is InChI=1S/C14H22N2O3/c1-5-9(3)7-12(17)16-11-8-15-10(4)13(11)14(18)19-6-2/h8-9,15H,5-7H2,1-4H3,(H,16,17). The van der Waals surface area contributed by atoms with Crippen molar-refractivity contribution in [3.63, 3.8) is 0 Å². The number of aromatic amines is 1. The van der Waals surface area contributed by atoms with Crippen LogP contribution in [-0.4, -0.2) is 23.5 Å². The summed E-state index contributed by atoms with van der Waals surface area (Å²) in [7, 11) is 0. The first kappa shape index (κ1) is 15.3. The van der Waals surface area contributed by atoms with Gasteiger partial charge in [-0.3, -0.25) is 4.79 Å². The summed E-state index contributed by atoms with van der Waals surface area (Å²) in [5.41, 5.74) is 1.58. The molecule has 1 heterocycles. The first-order valence-corrected chi connectivity index (χ1v) is 6.64. The van der Waals surface area contributed by atoms with E-state index in [1.807, 2.05) is 13.8 Å². The fourth-order valence-electron chi connectivity index (χ4n) is 1.75. The molecule has 0 fully saturated rings. The topological polar surface area (TPSA) is 71.2 Å². The lowest BCUT2D eigenvalue weighted by Gasteiger charge is -2.10. The molecule has 5 heteroatoms. The third kappa shape index (κ3) is 4.12. The smallest absolute Gasteiger partial charge is 0.342 e. The predicted molar refractivity (Wildman–Crippen MR) is 74.2 cm³/mol. The van der Waals surface area contributed by atoms with Crippen LogP contribution < -0.4 is 5.32 Å². The van der Waals surface area contributed by atoms with Crippen LogP contribution in [0.2, 0.25) is 0 Å². The molecule has 0 aromatic carbocycles. The van der Waals surface area contributed by atoms with E-state index in [2.05, 4.69) is 10.3 Å². The van der Waals surface area contributed by atoms with Crippen LogP contribution in [0.3, 0.4) is 0 Å². The number of nitrogens with one attached hydrogen (secondary N) is 2. The van der Waals surface area contributed by atoms with Gasteiger partial charge in [-0.05, 0) is 19.8 Å². The third-order valence-corrected chi connectivity index (χ3v) is 3.06. The molecule has 2 N–H and O–H groups in total. The molecule has 0 aliphatic heterocycles. The quantitative estimate of drug-likeness (QED) is 0.778. The normalized spacial score (nSPS) is 12.0. The molecule has 1 aromatic heterocycles. The Balaban J connectivity index is 2.79. The predicted octanol–water partition coefficient (Wildman–Crippen LogP) is 2.87. The molecule has 0 saturated carbocycles. The molecule has 1 atom stereocenters. The Labute approximate surface area is 113 Å². The SMILES string of the molecule is CCOC(=O)c1c(NC(=O)CC(C)CC)c[nH]c1C. The molecular weight excluding hydrogens is 244 g/mol. The van der Waals surface area contributed by atoms with Crippen molar-refractivity contribution in [2.75, 3.05) is 11.9 Å². The van der Waals surface area contributed by atoms with Crippen LogP contribution in [-0.2, 0) is 9.53 Å². The maximum Gasteiger partial charge on any atom is 0.342 e. The monoisotopic (exact) mass is 266 g/mol. The molecule has 0 aliphatic carbocycles. The highest BCUT2D eigenvalue weighted by Crippen LogP contribution is 2.21. The van der Waals surface area contributed by atoms with Crippen LogP contribution in [0.1, 0.15) is 49.7 Å². The number of H-pyrrole nitrogens is 1. The Morgan fingerprint density at radius 3 is 2.68 bits per heavy atom. The maximum atomic E-state index is 11.8. The van der Waals surface area contributed by atoms with Crippen molar-refractivity contribution in [1.82, 2.24) is 4.98 Å². The fourth-order valence-corrected chi connectivity index (χ4v) is 1.75. The molecule has 1 amide bonds. The second-order valence-electron chi connectivity index (χ2n) is 4.69. The lowest BCUT2D eigenvalue weighted by molar-refractivity contribution is -0.117. The van der Waals surface area contributed by atoms with Crippen molar-refractivity contribution in [2.24, 2.45) is 5.92 Å². The van der Waals surface area contributed by atoms with E-state index in [4.69, 9.17) is 4.74 Å². The maximum absolute atomic E-state index is 11.8. The van der Waals surface area contributed by atoms with E-state index >= 15 is 0 Å². The highest BCUT2D eigenvalue weighted by atomic mass is 16.5. The number of amides is 1. The van der Waals surface area contributed by atoms with Gasteiger partial charge in [0.25, 0.3) is 0 Å². The molecule has 0 aliphatic rings. The van der Waals surface area contributed by atoms with Crippen LogP contribution in [0.25, 0.3) is 0 Å². The van der Waals surface area contributed by atoms with E-state index in [1.54, 1.807) is 20.0 Å². The number of esters is 1. The average Bonchev–Trinajstić information content (AvgIpc) is 2.70. The second-order valence-corrected chi connectivity index (χ2v) is 4.69. The zero-order valence-corrected chi connectivity index (χ0v) is 12.0. The largest absolute Gasteiger partial charge is 0.462 e. The molecule has 0 spiro atoms. The van der Waals surface area contributed by atoms with Crippen molar-refractivity contribution in [3.8, 4) is 0 Å². The Bertz CT molecular complexity index is 452. The van der Waals surface area contributed by atoms with E-state index < -0.39 is 5.97 Å².